The van der Waals surface area contributed by atoms with Gasteiger partial charge in [-0.15, -0.1) is 11.3 Å². The molecule has 1 aromatic carbocycles. The van der Waals surface area contributed by atoms with E-state index in [0.29, 0.717) is 30.4 Å². The van der Waals surface area contributed by atoms with E-state index in [1.165, 1.54) is 11.3 Å². The molecule has 0 bridgehead atoms. The Morgan fingerprint density at radius 1 is 1.10 bits per heavy atom. The van der Waals surface area contributed by atoms with Crippen LogP contribution in [0.25, 0.3) is 10.6 Å². The number of sulfonamides is 1. The van der Waals surface area contributed by atoms with E-state index in [0.717, 1.165) is 33.3 Å². The second kappa shape index (κ2) is 7.81. The molecule has 0 radical (unpaired) electrons. The average molecular weight is 433 g/mol. The quantitative estimate of drug-likeness (QED) is 0.669. The van der Waals surface area contributed by atoms with E-state index < -0.39 is 10.0 Å². The Hall–Kier alpha value is -2.36. The lowest BCUT2D eigenvalue weighted by atomic mass is 10.2. The van der Waals surface area contributed by atoms with E-state index >= 15 is 0 Å². The van der Waals surface area contributed by atoms with E-state index in [2.05, 4.69) is 15.1 Å². The molecule has 4 rings (SSSR count). The van der Waals surface area contributed by atoms with Crippen molar-refractivity contribution in [3.63, 3.8) is 0 Å². The van der Waals surface area contributed by atoms with Crippen molar-refractivity contribution in [1.82, 2.24) is 14.5 Å². The fourth-order valence-electron chi connectivity index (χ4n) is 3.43. The summed E-state index contributed by atoms with van der Waals surface area (Å²) in [5, 5.41) is 7.27. The zero-order chi connectivity index (χ0) is 20.6. The van der Waals surface area contributed by atoms with Crippen molar-refractivity contribution in [2.45, 2.75) is 18.1 Å². The highest BCUT2D eigenvalue weighted by molar-refractivity contribution is 7.91. The normalized spacial score (nSPS) is 15.6. The molecule has 1 N–H and O–H groups in total. The van der Waals surface area contributed by atoms with Gasteiger partial charge in [-0.25, -0.2) is 8.42 Å². The molecule has 3 heterocycles. The largest absolute Gasteiger partial charge is 0.497 e. The number of hydrogen-bond donors (Lipinski definition) is 1. The van der Waals surface area contributed by atoms with Crippen LogP contribution in [0.2, 0.25) is 0 Å². The fourth-order valence-corrected chi connectivity index (χ4v) is 6.36. The van der Waals surface area contributed by atoms with Gasteiger partial charge in [-0.2, -0.15) is 9.40 Å². The number of H-pyrrole nitrogens is 1. The van der Waals surface area contributed by atoms with Crippen LogP contribution in [0.15, 0.2) is 40.6 Å². The molecule has 1 aliphatic heterocycles. The maximum atomic E-state index is 13.1. The Kier molecular flexibility index (Phi) is 5.37. The van der Waals surface area contributed by atoms with Gasteiger partial charge in [0.25, 0.3) is 10.0 Å². The number of aromatic amines is 1. The van der Waals surface area contributed by atoms with Crippen LogP contribution >= 0.6 is 11.3 Å². The molecule has 7 nitrogen and oxygen atoms in total. The first-order chi connectivity index (χ1) is 13.9. The second-order valence-electron chi connectivity index (χ2n) is 7.03. The molecule has 0 spiro atoms. The molecule has 1 fully saturated rings. The van der Waals surface area contributed by atoms with Crippen molar-refractivity contribution in [1.29, 1.82) is 0 Å². The molecule has 0 unspecified atom stereocenters. The number of nitrogens with zero attached hydrogens (tertiary/aromatic N) is 3. The molecule has 1 aliphatic rings. The lowest BCUT2D eigenvalue weighted by Gasteiger charge is -2.35. The first-order valence-electron chi connectivity index (χ1n) is 9.41. The van der Waals surface area contributed by atoms with E-state index in [-0.39, 0.29) is 0 Å². The average Bonchev–Trinajstić information content (AvgIpc) is 3.36. The Bertz CT molecular complexity index is 1110. The number of thiophene rings is 1. The zero-order valence-electron chi connectivity index (χ0n) is 16.7. The predicted molar refractivity (Wildman–Crippen MR) is 115 cm³/mol. The Morgan fingerprint density at radius 2 is 1.86 bits per heavy atom. The molecule has 0 aliphatic carbocycles. The van der Waals surface area contributed by atoms with Crippen LogP contribution in [0.4, 0.5) is 5.69 Å². The first kappa shape index (κ1) is 19.9. The summed E-state index contributed by atoms with van der Waals surface area (Å²) in [7, 11) is -1.87. The third kappa shape index (κ3) is 3.77. The zero-order valence-corrected chi connectivity index (χ0v) is 18.3. The molecule has 154 valence electrons. The van der Waals surface area contributed by atoms with Crippen molar-refractivity contribution in [3.05, 3.63) is 47.7 Å². The highest BCUT2D eigenvalue weighted by atomic mass is 32.2. The van der Waals surface area contributed by atoms with Crippen LogP contribution in [-0.2, 0) is 10.0 Å². The Morgan fingerprint density at radius 3 is 2.52 bits per heavy atom. The number of piperazine rings is 1. The highest BCUT2D eigenvalue weighted by Crippen LogP contribution is 2.34. The molecule has 9 heteroatoms. The molecule has 0 saturated carbocycles. The van der Waals surface area contributed by atoms with Crippen molar-refractivity contribution >= 4 is 27.0 Å². The summed E-state index contributed by atoms with van der Waals surface area (Å²) >= 11 is 1.27. The number of benzene rings is 1. The molecule has 2 aromatic heterocycles. The number of aromatic nitrogens is 2. The maximum absolute atomic E-state index is 13.1. The van der Waals surface area contributed by atoms with Crippen LogP contribution in [0, 0.1) is 13.8 Å². The lowest BCUT2D eigenvalue weighted by Crippen LogP contribution is -2.48. The van der Waals surface area contributed by atoms with Gasteiger partial charge in [-0.3, -0.25) is 5.10 Å². The van der Waals surface area contributed by atoms with E-state index in [1.807, 2.05) is 44.2 Å². The number of rotatable bonds is 5. The minimum Gasteiger partial charge on any atom is -0.497 e. The fraction of sp³-hybridized carbons (Fsp3) is 0.350. The third-order valence-corrected chi connectivity index (χ3v) is 8.78. The smallest absolute Gasteiger partial charge is 0.252 e. The summed E-state index contributed by atoms with van der Waals surface area (Å²) in [6.45, 7) is 6.13. The monoisotopic (exact) mass is 432 g/mol. The van der Waals surface area contributed by atoms with E-state index in [9.17, 15) is 8.42 Å². The molecular weight excluding hydrogens is 408 g/mol. The van der Waals surface area contributed by atoms with Crippen LogP contribution in [-0.4, -0.2) is 56.2 Å². The SMILES string of the molecule is COc1cccc(N2CCN(S(=O)(=O)c3ccc(-c4n[nH]c(C)c4C)s3)CC2)c1. The topological polar surface area (TPSA) is 78.5 Å². The summed E-state index contributed by atoms with van der Waals surface area (Å²) in [6.07, 6.45) is 0. The summed E-state index contributed by atoms with van der Waals surface area (Å²) in [4.78, 5) is 3.05. The first-order valence-corrected chi connectivity index (χ1v) is 11.7. The standard InChI is InChI=1S/C20H24N4O3S2/c1-14-15(2)21-22-20(14)18-7-8-19(28-18)29(25,26)24-11-9-23(10-12-24)16-5-4-6-17(13-16)27-3/h4-8,13H,9-12H2,1-3H3,(H,21,22). The second-order valence-corrected chi connectivity index (χ2v) is 10.3. The molecule has 29 heavy (non-hydrogen) atoms. The predicted octanol–water partition coefficient (Wildman–Crippen LogP) is 3.27. The van der Waals surface area contributed by atoms with Crippen molar-refractivity contribution in [2.24, 2.45) is 0 Å². The number of nitrogens with one attached hydrogen (secondary N) is 1. The number of methoxy groups -OCH3 is 1. The summed E-state index contributed by atoms with van der Waals surface area (Å²) in [5.74, 6) is 0.799. The summed E-state index contributed by atoms with van der Waals surface area (Å²) in [6, 6.07) is 11.4. The van der Waals surface area contributed by atoms with Gasteiger partial charge in [0.2, 0.25) is 0 Å². The number of ether oxygens (including phenoxy) is 1. The molecular formula is C20H24N4O3S2. The van der Waals surface area contributed by atoms with Gasteiger partial charge < -0.3 is 9.64 Å². The molecule has 0 atom stereocenters. The number of anilines is 1. The highest BCUT2D eigenvalue weighted by Gasteiger charge is 2.30. The van der Waals surface area contributed by atoms with E-state index in [4.69, 9.17) is 4.74 Å². The Balaban J connectivity index is 1.49. The van der Waals surface area contributed by atoms with Gasteiger partial charge in [-0.1, -0.05) is 6.07 Å². The molecule has 1 saturated heterocycles. The molecule has 3 aromatic rings. The van der Waals surface area contributed by atoms with Gasteiger partial charge >= 0.3 is 0 Å². The molecule has 0 amide bonds. The lowest BCUT2D eigenvalue weighted by molar-refractivity contribution is 0.385. The maximum Gasteiger partial charge on any atom is 0.252 e. The third-order valence-electron chi connectivity index (χ3n) is 5.32. The van der Waals surface area contributed by atoms with Gasteiger partial charge in [-0.05, 0) is 43.7 Å². The van der Waals surface area contributed by atoms with Gasteiger partial charge in [0.1, 0.15) is 15.7 Å². The minimum absolute atomic E-state index is 0.363. The van der Waals surface area contributed by atoms with Crippen molar-refractivity contribution in [2.75, 3.05) is 38.2 Å². The van der Waals surface area contributed by atoms with Crippen LogP contribution in [0.5, 0.6) is 5.75 Å². The minimum atomic E-state index is -3.51. The van der Waals surface area contributed by atoms with Crippen LogP contribution < -0.4 is 9.64 Å². The van der Waals surface area contributed by atoms with Crippen molar-refractivity contribution < 1.29 is 13.2 Å². The van der Waals surface area contributed by atoms with Gasteiger partial charge in [0.15, 0.2) is 0 Å². The van der Waals surface area contributed by atoms with Crippen LogP contribution in [0.3, 0.4) is 0 Å². The number of aryl methyl sites for hydroxylation is 1. The number of hydrogen-bond acceptors (Lipinski definition) is 6. The van der Waals surface area contributed by atoms with Gasteiger partial charge in [0, 0.05) is 43.6 Å². The van der Waals surface area contributed by atoms with Crippen molar-refractivity contribution in [3.8, 4) is 16.3 Å². The summed E-state index contributed by atoms with van der Waals surface area (Å²) < 4.78 is 33.5. The van der Waals surface area contributed by atoms with Gasteiger partial charge in [0.05, 0.1) is 12.0 Å². The van der Waals surface area contributed by atoms with Crippen LogP contribution in [0.1, 0.15) is 11.3 Å². The Labute approximate surface area is 175 Å². The summed E-state index contributed by atoms with van der Waals surface area (Å²) in [5.41, 5.74) is 3.90. The van der Waals surface area contributed by atoms with E-state index in [1.54, 1.807) is 17.5 Å².